The van der Waals surface area contributed by atoms with Gasteiger partial charge in [-0.3, -0.25) is 0 Å². The zero-order valence-electron chi connectivity index (χ0n) is 8.48. The Bertz CT molecular complexity index is 400. The number of benzene rings is 1. The van der Waals surface area contributed by atoms with Gasteiger partial charge in [0.2, 0.25) is 0 Å². The fraction of sp³-hybridized carbons (Fsp3) is 0.300. The Morgan fingerprint density at radius 1 is 1.19 bits per heavy atom. The maximum atomic E-state index is 11.5. The average Bonchev–Trinajstić information content (AvgIpc) is 2.08. The van der Waals surface area contributed by atoms with Gasteiger partial charge in [-0.2, -0.15) is 0 Å². The van der Waals surface area contributed by atoms with Crippen molar-refractivity contribution in [1.82, 2.24) is 0 Å². The Morgan fingerprint density at radius 3 is 2.00 bits per heavy atom. The molecule has 0 unspecified atom stereocenters. The second-order valence-corrected chi connectivity index (χ2v) is 5.76. The molecule has 2 nitrogen and oxygen atoms in total. The minimum atomic E-state index is -1.15. The van der Waals surface area contributed by atoms with Crippen LogP contribution in [0.2, 0.25) is 15.1 Å². The highest BCUT2D eigenvalue weighted by Crippen LogP contribution is 2.36. The summed E-state index contributed by atoms with van der Waals surface area (Å²) in [6, 6.07) is 2.86. The molecule has 88 valence electrons. The number of rotatable bonds is 2. The molecule has 1 aromatic rings. The third kappa shape index (κ3) is 3.42. The number of carbonyl (C=O) groups excluding carboxylic acids is 1. The van der Waals surface area contributed by atoms with Crippen molar-refractivity contribution in [3.8, 4) is 5.75 Å². The van der Waals surface area contributed by atoms with Crippen molar-refractivity contribution in [2.45, 2.75) is 18.7 Å². The molecule has 0 aliphatic rings. The smallest absolute Gasteiger partial charge is 0.332 e. The third-order valence-corrected chi connectivity index (χ3v) is 2.58. The monoisotopic (exact) mass is 300 g/mol. The molecule has 6 heteroatoms. The van der Waals surface area contributed by atoms with Crippen molar-refractivity contribution < 1.29 is 9.53 Å². The molecule has 0 heterocycles. The molecule has 0 saturated heterocycles. The maximum Gasteiger partial charge on any atom is 0.332 e. The molecular formula is C10H8Cl4O2. The van der Waals surface area contributed by atoms with E-state index >= 15 is 0 Å². The van der Waals surface area contributed by atoms with Gasteiger partial charge in [0.15, 0.2) is 5.75 Å². The summed E-state index contributed by atoms with van der Waals surface area (Å²) in [5, 5.41) is 0.679. The van der Waals surface area contributed by atoms with Crippen LogP contribution in [0, 0.1) is 0 Å². The first-order valence-corrected chi connectivity index (χ1v) is 5.78. The predicted octanol–water partition coefficient (Wildman–Crippen LogP) is 4.57. The number of esters is 1. The van der Waals surface area contributed by atoms with E-state index in [1.54, 1.807) is 0 Å². The van der Waals surface area contributed by atoms with E-state index in [2.05, 4.69) is 0 Å². The van der Waals surface area contributed by atoms with Gasteiger partial charge in [-0.15, -0.1) is 11.6 Å². The minimum absolute atomic E-state index is 0.0615. The van der Waals surface area contributed by atoms with Crippen molar-refractivity contribution in [3.63, 3.8) is 0 Å². The van der Waals surface area contributed by atoms with Gasteiger partial charge in [0.05, 0.1) is 10.0 Å². The number of hydrogen-bond acceptors (Lipinski definition) is 2. The van der Waals surface area contributed by atoms with E-state index in [-0.39, 0.29) is 15.8 Å². The summed E-state index contributed by atoms with van der Waals surface area (Å²) in [6.07, 6.45) is 0. The molecule has 0 aliphatic carbocycles. The zero-order valence-corrected chi connectivity index (χ0v) is 11.5. The van der Waals surface area contributed by atoms with Crippen molar-refractivity contribution in [2.24, 2.45) is 0 Å². The van der Waals surface area contributed by atoms with Gasteiger partial charge in [-0.05, 0) is 26.0 Å². The third-order valence-electron chi connectivity index (χ3n) is 1.64. The van der Waals surface area contributed by atoms with Crippen LogP contribution in [0.4, 0.5) is 0 Å². The predicted molar refractivity (Wildman–Crippen MR) is 67.0 cm³/mol. The molecule has 0 spiro atoms. The van der Waals surface area contributed by atoms with E-state index in [9.17, 15) is 4.79 Å². The molecule has 0 atom stereocenters. The van der Waals surface area contributed by atoms with Gasteiger partial charge in [0.1, 0.15) is 4.87 Å². The summed E-state index contributed by atoms with van der Waals surface area (Å²) < 4.78 is 5.00. The first-order chi connectivity index (χ1) is 7.21. The van der Waals surface area contributed by atoms with Gasteiger partial charge in [-0.1, -0.05) is 34.8 Å². The quantitative estimate of drug-likeness (QED) is 0.454. The lowest BCUT2D eigenvalue weighted by atomic mass is 10.2. The normalized spacial score (nSPS) is 11.4. The molecule has 0 N–H and O–H groups in total. The second kappa shape index (κ2) is 5.01. The fourth-order valence-electron chi connectivity index (χ4n) is 0.841. The Labute approximate surface area is 113 Å². The Hall–Kier alpha value is -0.150. The molecule has 1 aromatic carbocycles. The number of alkyl halides is 1. The number of ether oxygens (including phenoxy) is 1. The van der Waals surface area contributed by atoms with E-state index in [4.69, 9.17) is 51.1 Å². The lowest BCUT2D eigenvalue weighted by molar-refractivity contribution is -0.136. The van der Waals surface area contributed by atoms with Crippen LogP contribution < -0.4 is 4.74 Å². The standard InChI is InChI=1S/C10H8Cl4O2/c1-10(2,14)9(15)16-8-6(12)3-5(11)4-7(8)13/h3-4H,1-2H3. The van der Waals surface area contributed by atoms with Gasteiger partial charge in [0, 0.05) is 5.02 Å². The van der Waals surface area contributed by atoms with Crippen LogP contribution in [-0.4, -0.2) is 10.8 Å². The molecule has 1 rings (SSSR count). The zero-order chi connectivity index (χ0) is 12.5. The van der Waals surface area contributed by atoms with E-state index in [0.717, 1.165) is 0 Å². The Morgan fingerprint density at radius 2 is 1.62 bits per heavy atom. The Balaban J connectivity index is 3.03. The van der Waals surface area contributed by atoms with Crippen molar-refractivity contribution in [3.05, 3.63) is 27.2 Å². The summed E-state index contributed by atoms with van der Waals surface area (Å²) in [5.41, 5.74) is 0. The van der Waals surface area contributed by atoms with E-state index in [1.807, 2.05) is 0 Å². The van der Waals surface area contributed by atoms with Crippen molar-refractivity contribution >= 4 is 52.4 Å². The number of hydrogen-bond donors (Lipinski definition) is 0. The van der Waals surface area contributed by atoms with E-state index in [1.165, 1.54) is 26.0 Å². The second-order valence-electron chi connectivity index (χ2n) is 3.56. The SMILES string of the molecule is CC(C)(Cl)C(=O)Oc1c(Cl)cc(Cl)cc1Cl. The Kier molecular flexibility index (Phi) is 4.35. The van der Waals surface area contributed by atoms with E-state index in [0.29, 0.717) is 5.02 Å². The molecular weight excluding hydrogens is 294 g/mol. The van der Waals surface area contributed by atoms with Crippen LogP contribution in [0.1, 0.15) is 13.8 Å². The summed E-state index contributed by atoms with van der Waals surface area (Å²) >= 11 is 23.2. The minimum Gasteiger partial charge on any atom is -0.422 e. The van der Waals surface area contributed by atoms with Gasteiger partial charge in [-0.25, -0.2) is 4.79 Å². The number of carbonyl (C=O) groups is 1. The van der Waals surface area contributed by atoms with Crippen LogP contribution in [0.25, 0.3) is 0 Å². The van der Waals surface area contributed by atoms with E-state index < -0.39 is 10.8 Å². The van der Waals surface area contributed by atoms with Crippen LogP contribution in [0.15, 0.2) is 12.1 Å². The van der Waals surface area contributed by atoms with Crippen LogP contribution in [-0.2, 0) is 4.79 Å². The molecule has 0 aliphatic heterocycles. The molecule has 0 amide bonds. The number of halogens is 4. The first-order valence-electron chi connectivity index (χ1n) is 4.27. The van der Waals surface area contributed by atoms with Crippen LogP contribution in [0.5, 0.6) is 5.75 Å². The molecule has 0 bridgehead atoms. The largest absolute Gasteiger partial charge is 0.422 e. The van der Waals surface area contributed by atoms with Crippen molar-refractivity contribution in [2.75, 3.05) is 0 Å². The summed E-state index contributed by atoms with van der Waals surface area (Å²) in [6.45, 7) is 3.02. The average molecular weight is 302 g/mol. The fourth-order valence-corrected chi connectivity index (χ4v) is 1.77. The van der Waals surface area contributed by atoms with Crippen LogP contribution in [0.3, 0.4) is 0 Å². The highest BCUT2D eigenvalue weighted by Gasteiger charge is 2.28. The summed E-state index contributed by atoms with van der Waals surface area (Å²) in [4.78, 5) is 10.4. The molecule has 16 heavy (non-hydrogen) atoms. The lowest BCUT2D eigenvalue weighted by Gasteiger charge is -2.15. The first kappa shape index (κ1) is 13.9. The van der Waals surface area contributed by atoms with Gasteiger partial charge < -0.3 is 4.74 Å². The summed E-state index contributed by atoms with van der Waals surface area (Å²) in [7, 11) is 0. The highest BCUT2D eigenvalue weighted by atomic mass is 35.5. The van der Waals surface area contributed by atoms with Crippen molar-refractivity contribution in [1.29, 1.82) is 0 Å². The summed E-state index contributed by atoms with van der Waals surface area (Å²) in [5.74, 6) is -0.577. The lowest BCUT2D eigenvalue weighted by Crippen LogP contribution is -2.29. The topological polar surface area (TPSA) is 26.3 Å². The highest BCUT2D eigenvalue weighted by molar-refractivity contribution is 6.40. The molecule has 0 aromatic heterocycles. The maximum absolute atomic E-state index is 11.5. The molecule has 0 radical (unpaired) electrons. The van der Waals surface area contributed by atoms with Gasteiger partial charge >= 0.3 is 5.97 Å². The van der Waals surface area contributed by atoms with Gasteiger partial charge in [0.25, 0.3) is 0 Å². The molecule has 0 saturated carbocycles. The van der Waals surface area contributed by atoms with Crippen LogP contribution >= 0.6 is 46.4 Å². The molecule has 0 fully saturated rings.